The topological polar surface area (TPSA) is 63.9 Å². The van der Waals surface area contributed by atoms with E-state index < -0.39 is 0 Å². The Balaban J connectivity index is -0.000000405. The van der Waals surface area contributed by atoms with Gasteiger partial charge in [0, 0.05) is 19.6 Å². The van der Waals surface area contributed by atoms with Gasteiger partial charge >= 0.3 is 29.6 Å². The molecule has 0 saturated heterocycles. The number of halogens is 1. The molecule has 0 aromatic rings. The minimum atomic E-state index is 0. The molecule has 0 unspecified atom stereocenters. The molecule has 0 aromatic carbocycles. The molecule has 0 radical (unpaired) electrons. The summed E-state index contributed by atoms with van der Waals surface area (Å²) in [5.74, 6) is 0. The maximum Gasteiger partial charge on any atom is 1.00 e. The van der Waals surface area contributed by atoms with Crippen LogP contribution in [-0.2, 0) is 0 Å². The molecule has 0 rings (SSSR count). The van der Waals surface area contributed by atoms with E-state index in [0.717, 1.165) is 0 Å². The van der Waals surface area contributed by atoms with Crippen molar-refractivity contribution < 1.29 is 57.3 Å². The fourth-order valence-corrected chi connectivity index (χ4v) is 0.760. The van der Waals surface area contributed by atoms with E-state index in [2.05, 4.69) is 0 Å². The second-order valence-electron chi connectivity index (χ2n) is 2.01. The van der Waals surface area contributed by atoms with Crippen molar-refractivity contribution in [1.29, 1.82) is 0 Å². The second kappa shape index (κ2) is 14.6. The summed E-state index contributed by atoms with van der Waals surface area (Å²) in [7, 11) is 0. The van der Waals surface area contributed by atoms with Crippen molar-refractivity contribution in [3.8, 4) is 0 Å². The molecular formula is C6H15ClNNaO3. The Morgan fingerprint density at radius 1 is 0.750 bits per heavy atom. The SMILES string of the molecule is OCCN(CCO)CCO.[Cl-].[Na+]. The van der Waals surface area contributed by atoms with Gasteiger partial charge in [0.25, 0.3) is 0 Å². The Morgan fingerprint density at radius 3 is 1.17 bits per heavy atom. The molecule has 70 valence electrons. The van der Waals surface area contributed by atoms with Crippen LogP contribution >= 0.6 is 0 Å². The van der Waals surface area contributed by atoms with Crippen LogP contribution in [0.5, 0.6) is 0 Å². The van der Waals surface area contributed by atoms with E-state index in [9.17, 15) is 0 Å². The van der Waals surface area contributed by atoms with Gasteiger partial charge in [-0.05, 0) is 0 Å². The Hall–Kier alpha value is 1.13. The van der Waals surface area contributed by atoms with Crippen LogP contribution in [0.2, 0.25) is 0 Å². The van der Waals surface area contributed by atoms with E-state index in [1.54, 1.807) is 4.90 Å². The average molecular weight is 208 g/mol. The first-order valence-electron chi connectivity index (χ1n) is 3.40. The van der Waals surface area contributed by atoms with Gasteiger partial charge in [-0.3, -0.25) is 4.90 Å². The number of rotatable bonds is 6. The molecule has 0 saturated carbocycles. The van der Waals surface area contributed by atoms with Crippen molar-refractivity contribution in [2.75, 3.05) is 39.5 Å². The van der Waals surface area contributed by atoms with E-state index in [0.29, 0.717) is 19.6 Å². The Morgan fingerprint density at radius 2 is 1.00 bits per heavy atom. The second-order valence-corrected chi connectivity index (χ2v) is 2.01. The standard InChI is InChI=1S/C6H15NO3.ClH.Na/c8-4-1-7(2-5-9)3-6-10;;/h8-10H,1-6H2;1H;/q;;+1/p-1. The van der Waals surface area contributed by atoms with Crippen molar-refractivity contribution in [2.45, 2.75) is 0 Å². The van der Waals surface area contributed by atoms with E-state index in [1.807, 2.05) is 0 Å². The van der Waals surface area contributed by atoms with Crippen LogP contribution in [0.1, 0.15) is 0 Å². The van der Waals surface area contributed by atoms with Gasteiger partial charge in [0.2, 0.25) is 0 Å². The van der Waals surface area contributed by atoms with Crippen LogP contribution in [0.4, 0.5) is 0 Å². The number of hydrogen-bond donors (Lipinski definition) is 3. The summed E-state index contributed by atoms with van der Waals surface area (Å²) in [6.45, 7) is 1.75. The smallest absolute Gasteiger partial charge is 1.00 e. The third kappa shape index (κ3) is 11.1. The third-order valence-electron chi connectivity index (χ3n) is 1.25. The zero-order valence-electron chi connectivity index (χ0n) is 7.41. The van der Waals surface area contributed by atoms with E-state index in [-0.39, 0.29) is 61.8 Å². The fraction of sp³-hybridized carbons (Fsp3) is 1.00. The normalized spacial score (nSPS) is 9.00. The number of aliphatic hydroxyl groups excluding tert-OH is 3. The van der Waals surface area contributed by atoms with Gasteiger partial charge in [-0.25, -0.2) is 0 Å². The summed E-state index contributed by atoms with van der Waals surface area (Å²) in [4.78, 5) is 1.79. The van der Waals surface area contributed by atoms with Crippen LogP contribution in [0, 0.1) is 0 Å². The molecule has 0 aliphatic carbocycles. The molecule has 0 aliphatic rings. The molecular weight excluding hydrogens is 193 g/mol. The quantitative estimate of drug-likeness (QED) is 0.379. The summed E-state index contributed by atoms with van der Waals surface area (Å²) in [6, 6.07) is 0. The Labute approximate surface area is 101 Å². The first kappa shape index (κ1) is 18.8. The molecule has 0 amide bonds. The van der Waals surface area contributed by atoms with Gasteiger partial charge in [0.05, 0.1) is 19.8 Å². The summed E-state index contributed by atoms with van der Waals surface area (Å²) in [6.07, 6.45) is 0. The van der Waals surface area contributed by atoms with E-state index >= 15 is 0 Å². The van der Waals surface area contributed by atoms with Gasteiger partial charge < -0.3 is 27.7 Å². The molecule has 0 aliphatic heterocycles. The molecule has 0 heterocycles. The number of hydrogen-bond acceptors (Lipinski definition) is 4. The fourth-order valence-electron chi connectivity index (χ4n) is 0.760. The van der Waals surface area contributed by atoms with E-state index in [4.69, 9.17) is 15.3 Å². The van der Waals surface area contributed by atoms with Crippen molar-refractivity contribution >= 4 is 0 Å². The van der Waals surface area contributed by atoms with Crippen molar-refractivity contribution in [3.63, 3.8) is 0 Å². The molecule has 0 atom stereocenters. The van der Waals surface area contributed by atoms with Crippen LogP contribution < -0.4 is 42.0 Å². The zero-order valence-corrected chi connectivity index (χ0v) is 10.2. The molecule has 3 N–H and O–H groups in total. The van der Waals surface area contributed by atoms with Gasteiger partial charge in [0.15, 0.2) is 0 Å². The summed E-state index contributed by atoms with van der Waals surface area (Å²) >= 11 is 0. The first-order valence-corrected chi connectivity index (χ1v) is 3.40. The molecule has 4 nitrogen and oxygen atoms in total. The largest absolute Gasteiger partial charge is 1.00 e. The van der Waals surface area contributed by atoms with Crippen LogP contribution in [-0.4, -0.2) is 59.7 Å². The average Bonchev–Trinajstić information content (AvgIpc) is 1.90. The minimum absolute atomic E-state index is 0. The van der Waals surface area contributed by atoms with Gasteiger partial charge in [-0.1, -0.05) is 0 Å². The van der Waals surface area contributed by atoms with Gasteiger partial charge in [0.1, 0.15) is 0 Å². The van der Waals surface area contributed by atoms with Crippen molar-refractivity contribution in [1.82, 2.24) is 4.90 Å². The monoisotopic (exact) mass is 207 g/mol. The molecule has 0 spiro atoms. The van der Waals surface area contributed by atoms with Gasteiger partial charge in [-0.2, -0.15) is 0 Å². The predicted molar refractivity (Wildman–Crippen MR) is 37.7 cm³/mol. The summed E-state index contributed by atoms with van der Waals surface area (Å²) in [5.41, 5.74) is 0. The maximum absolute atomic E-state index is 8.48. The Bertz CT molecular complexity index is 65.5. The third-order valence-corrected chi connectivity index (χ3v) is 1.25. The maximum atomic E-state index is 8.48. The van der Waals surface area contributed by atoms with Gasteiger partial charge in [-0.15, -0.1) is 0 Å². The summed E-state index contributed by atoms with van der Waals surface area (Å²) in [5, 5.41) is 25.5. The van der Waals surface area contributed by atoms with Crippen molar-refractivity contribution in [3.05, 3.63) is 0 Å². The number of aliphatic hydroxyl groups is 3. The van der Waals surface area contributed by atoms with E-state index in [1.165, 1.54) is 0 Å². The van der Waals surface area contributed by atoms with Crippen LogP contribution in [0.25, 0.3) is 0 Å². The summed E-state index contributed by atoms with van der Waals surface area (Å²) < 4.78 is 0. The van der Waals surface area contributed by atoms with Crippen molar-refractivity contribution in [2.24, 2.45) is 0 Å². The zero-order chi connectivity index (χ0) is 7.82. The number of nitrogens with zero attached hydrogens (tertiary/aromatic N) is 1. The first-order chi connectivity index (χ1) is 4.85. The van der Waals surface area contributed by atoms with Crippen LogP contribution in [0.3, 0.4) is 0 Å². The van der Waals surface area contributed by atoms with Crippen LogP contribution in [0.15, 0.2) is 0 Å². The Kier molecular flexibility index (Phi) is 23.0. The minimum Gasteiger partial charge on any atom is -1.00 e. The molecule has 0 aromatic heterocycles. The molecule has 12 heavy (non-hydrogen) atoms. The molecule has 0 bridgehead atoms. The molecule has 0 fully saturated rings. The predicted octanol–water partition coefficient (Wildman–Crippen LogP) is -7.73. The molecule has 6 heteroatoms.